The van der Waals surface area contributed by atoms with Gasteiger partial charge in [-0.1, -0.05) is 24.6 Å². The third-order valence-electron chi connectivity index (χ3n) is 5.38. The lowest BCUT2D eigenvalue weighted by Gasteiger charge is -2.43. The Hall–Kier alpha value is -2.40. The molecule has 1 amide bonds. The van der Waals surface area contributed by atoms with Gasteiger partial charge in [0.1, 0.15) is 5.75 Å². The molecule has 1 saturated heterocycles. The van der Waals surface area contributed by atoms with Gasteiger partial charge in [0.2, 0.25) is 11.1 Å². The first kappa shape index (κ1) is 20.9. The lowest BCUT2D eigenvalue weighted by atomic mass is 9.90. The van der Waals surface area contributed by atoms with E-state index in [1.165, 1.54) is 28.6 Å². The molecule has 2 aliphatic rings. The maximum atomic E-state index is 12.8. The highest BCUT2D eigenvalue weighted by atomic mass is 32.2. The van der Waals surface area contributed by atoms with Gasteiger partial charge < -0.3 is 20.2 Å². The van der Waals surface area contributed by atoms with Crippen LogP contribution in [0.3, 0.4) is 0 Å². The molecule has 1 aliphatic carbocycles. The van der Waals surface area contributed by atoms with Gasteiger partial charge in [-0.15, -0.1) is 10.2 Å². The Kier molecular flexibility index (Phi) is 6.38. The van der Waals surface area contributed by atoms with E-state index in [2.05, 4.69) is 14.9 Å². The highest BCUT2D eigenvalue weighted by Gasteiger charge is 2.36. The third-order valence-corrected chi connectivity index (χ3v) is 6.31. The number of fused-ring (bicyclic) bond motifs is 1. The Balaban J connectivity index is 1.39. The molecule has 0 spiro atoms. The summed E-state index contributed by atoms with van der Waals surface area (Å²) in [6.45, 7) is -1.71. The number of benzene rings is 1. The van der Waals surface area contributed by atoms with Gasteiger partial charge in [-0.25, -0.2) is 4.68 Å². The van der Waals surface area contributed by atoms with Gasteiger partial charge in [-0.3, -0.25) is 4.79 Å². The van der Waals surface area contributed by atoms with E-state index in [-0.39, 0.29) is 29.6 Å². The Bertz CT molecular complexity index is 878. The summed E-state index contributed by atoms with van der Waals surface area (Å²) in [6.07, 6.45) is 4.38. The average molecular weight is 439 g/mol. The number of aromatic nitrogens is 3. The van der Waals surface area contributed by atoms with Crippen LogP contribution in [-0.4, -0.2) is 63.3 Å². The van der Waals surface area contributed by atoms with Crippen molar-refractivity contribution in [1.82, 2.24) is 19.8 Å². The van der Waals surface area contributed by atoms with E-state index in [1.807, 2.05) is 4.90 Å². The number of hydrogen-bond acceptors (Lipinski definition) is 7. The van der Waals surface area contributed by atoms with Crippen molar-refractivity contribution in [2.45, 2.75) is 49.6 Å². The third kappa shape index (κ3) is 4.51. The van der Waals surface area contributed by atoms with Crippen LogP contribution in [-0.2, 0) is 9.53 Å². The maximum Gasteiger partial charge on any atom is 0.387 e. The van der Waals surface area contributed by atoms with Crippen molar-refractivity contribution in [2.75, 3.05) is 24.7 Å². The number of morpholine rings is 1. The van der Waals surface area contributed by atoms with Crippen molar-refractivity contribution in [3.05, 3.63) is 24.3 Å². The van der Waals surface area contributed by atoms with Gasteiger partial charge >= 0.3 is 6.61 Å². The fraction of sp³-hybridized carbons (Fsp3) is 0.526. The van der Waals surface area contributed by atoms with Crippen molar-refractivity contribution in [2.24, 2.45) is 0 Å². The number of nitrogen functional groups attached to an aromatic ring is 1. The topological polar surface area (TPSA) is 95.5 Å². The van der Waals surface area contributed by atoms with Gasteiger partial charge in [-0.05, 0) is 37.1 Å². The Morgan fingerprint density at radius 1 is 1.27 bits per heavy atom. The van der Waals surface area contributed by atoms with Gasteiger partial charge in [0, 0.05) is 12.1 Å². The van der Waals surface area contributed by atoms with E-state index in [4.69, 9.17) is 10.6 Å². The first-order chi connectivity index (χ1) is 14.5. The normalized spacial score (nSPS) is 21.5. The zero-order chi connectivity index (χ0) is 21.1. The average Bonchev–Trinajstić information content (AvgIpc) is 3.12. The number of carbonyl (C=O) groups is 1. The second-order valence-electron chi connectivity index (χ2n) is 7.22. The number of rotatable bonds is 6. The fourth-order valence-corrected chi connectivity index (χ4v) is 4.72. The first-order valence-electron chi connectivity index (χ1n) is 9.82. The summed E-state index contributed by atoms with van der Waals surface area (Å²) in [5.41, 5.74) is 0.600. The lowest BCUT2D eigenvalue weighted by molar-refractivity contribution is -0.146. The van der Waals surface area contributed by atoms with Crippen molar-refractivity contribution in [1.29, 1.82) is 0 Å². The SMILES string of the molecule is Nn1c(SCC(=O)N2CCOC3CCCCC32)nnc1-c1ccc(OC(F)F)cc1. The van der Waals surface area contributed by atoms with Gasteiger partial charge in [0.05, 0.1) is 24.5 Å². The molecular weight excluding hydrogens is 416 g/mol. The van der Waals surface area contributed by atoms with E-state index in [0.29, 0.717) is 29.7 Å². The molecule has 0 bridgehead atoms. The van der Waals surface area contributed by atoms with E-state index in [1.54, 1.807) is 12.1 Å². The number of nitrogens with two attached hydrogens (primary N) is 1. The predicted molar refractivity (Wildman–Crippen MR) is 107 cm³/mol. The molecule has 0 radical (unpaired) electrons. The van der Waals surface area contributed by atoms with Crippen LogP contribution >= 0.6 is 11.8 Å². The molecule has 2 unspecified atom stereocenters. The summed E-state index contributed by atoms with van der Waals surface area (Å²) in [6, 6.07) is 6.11. The highest BCUT2D eigenvalue weighted by molar-refractivity contribution is 7.99. The Labute approximate surface area is 176 Å². The molecule has 1 aliphatic heterocycles. The number of ether oxygens (including phenoxy) is 2. The minimum atomic E-state index is -2.88. The van der Waals surface area contributed by atoms with E-state index in [9.17, 15) is 13.6 Å². The second kappa shape index (κ2) is 9.17. The molecule has 4 rings (SSSR count). The minimum Gasteiger partial charge on any atom is -0.435 e. The minimum absolute atomic E-state index is 0.0400. The lowest BCUT2D eigenvalue weighted by Crippen LogP contribution is -2.55. The molecule has 30 heavy (non-hydrogen) atoms. The molecular formula is C19H23F2N5O3S. The molecule has 8 nitrogen and oxygen atoms in total. The van der Waals surface area contributed by atoms with Crippen LogP contribution in [0.15, 0.2) is 29.4 Å². The van der Waals surface area contributed by atoms with Crippen LogP contribution in [0.4, 0.5) is 8.78 Å². The number of alkyl halides is 2. The summed E-state index contributed by atoms with van der Waals surface area (Å²) in [4.78, 5) is 14.7. The predicted octanol–water partition coefficient (Wildman–Crippen LogP) is 2.52. The summed E-state index contributed by atoms with van der Waals surface area (Å²) in [7, 11) is 0. The Morgan fingerprint density at radius 2 is 2.03 bits per heavy atom. The molecule has 2 atom stereocenters. The van der Waals surface area contributed by atoms with Crippen LogP contribution in [0, 0.1) is 0 Å². The smallest absolute Gasteiger partial charge is 0.387 e. The van der Waals surface area contributed by atoms with Crippen LogP contribution in [0.5, 0.6) is 5.75 Å². The molecule has 1 aromatic heterocycles. The summed E-state index contributed by atoms with van der Waals surface area (Å²) < 4.78 is 36.0. The fourth-order valence-electron chi connectivity index (χ4n) is 3.97. The van der Waals surface area contributed by atoms with Crippen molar-refractivity contribution in [3.8, 4) is 17.1 Å². The van der Waals surface area contributed by atoms with Gasteiger partial charge in [0.15, 0.2) is 5.82 Å². The van der Waals surface area contributed by atoms with Crippen molar-refractivity contribution >= 4 is 17.7 Å². The molecule has 2 N–H and O–H groups in total. The standard InChI is InChI=1S/C19H23F2N5O3S/c20-18(21)29-13-7-5-12(6-8-13)17-23-24-19(26(17)22)30-11-16(27)25-9-10-28-15-4-2-1-3-14(15)25/h5-8,14-15,18H,1-4,9-11,22H2. The molecule has 1 aromatic carbocycles. The van der Waals surface area contributed by atoms with Gasteiger partial charge in [-0.2, -0.15) is 8.78 Å². The van der Waals surface area contributed by atoms with Crippen molar-refractivity contribution < 1.29 is 23.0 Å². The first-order valence-corrected chi connectivity index (χ1v) is 10.8. The Morgan fingerprint density at radius 3 is 2.80 bits per heavy atom. The largest absolute Gasteiger partial charge is 0.435 e. The van der Waals surface area contributed by atoms with Crippen molar-refractivity contribution in [3.63, 3.8) is 0 Å². The van der Waals surface area contributed by atoms with Crippen LogP contribution in [0.25, 0.3) is 11.4 Å². The molecule has 1 saturated carbocycles. The number of amides is 1. The summed E-state index contributed by atoms with van der Waals surface area (Å²) >= 11 is 1.22. The summed E-state index contributed by atoms with van der Waals surface area (Å²) in [5.74, 6) is 6.76. The van der Waals surface area contributed by atoms with Crippen LogP contribution in [0.2, 0.25) is 0 Å². The zero-order valence-electron chi connectivity index (χ0n) is 16.2. The zero-order valence-corrected chi connectivity index (χ0v) is 17.1. The number of hydrogen-bond donors (Lipinski definition) is 1. The number of halogens is 2. The van der Waals surface area contributed by atoms with Crippen LogP contribution in [0.1, 0.15) is 25.7 Å². The molecule has 11 heteroatoms. The molecule has 2 aromatic rings. The monoisotopic (exact) mass is 439 g/mol. The molecule has 2 heterocycles. The molecule has 2 fully saturated rings. The highest BCUT2D eigenvalue weighted by Crippen LogP contribution is 2.30. The second-order valence-corrected chi connectivity index (χ2v) is 8.16. The number of nitrogens with zero attached hydrogens (tertiary/aromatic N) is 4. The van der Waals surface area contributed by atoms with E-state index < -0.39 is 6.61 Å². The van der Waals surface area contributed by atoms with E-state index in [0.717, 1.165) is 25.7 Å². The van der Waals surface area contributed by atoms with E-state index >= 15 is 0 Å². The summed E-state index contributed by atoms with van der Waals surface area (Å²) in [5, 5.41) is 8.53. The van der Waals surface area contributed by atoms with Crippen LogP contribution < -0.4 is 10.6 Å². The maximum absolute atomic E-state index is 12.8. The number of thioether (sulfide) groups is 1. The number of carbonyl (C=O) groups excluding carboxylic acids is 1. The quantitative estimate of drug-likeness (QED) is 0.546. The molecule has 162 valence electrons. The van der Waals surface area contributed by atoms with Gasteiger partial charge in [0.25, 0.3) is 0 Å².